The maximum Gasteiger partial charge on any atom is 0.161 e. The van der Waals surface area contributed by atoms with Gasteiger partial charge in [0.15, 0.2) is 11.5 Å². The molecule has 0 spiro atoms. The second-order valence-electron chi connectivity index (χ2n) is 5.15. The van der Waals surface area contributed by atoms with Gasteiger partial charge in [-0.05, 0) is 37.0 Å². The van der Waals surface area contributed by atoms with Gasteiger partial charge in [-0.15, -0.1) is 0 Å². The van der Waals surface area contributed by atoms with E-state index in [1.807, 2.05) is 12.1 Å². The molecule has 1 saturated heterocycles. The van der Waals surface area contributed by atoms with E-state index in [2.05, 4.69) is 6.07 Å². The minimum Gasteiger partial charge on any atom is -0.493 e. The monoisotopic (exact) mass is 249 g/mol. The van der Waals surface area contributed by atoms with Crippen LogP contribution in [0.3, 0.4) is 0 Å². The van der Waals surface area contributed by atoms with E-state index in [1.54, 1.807) is 7.11 Å². The van der Waals surface area contributed by atoms with Crippen LogP contribution in [0.15, 0.2) is 18.2 Å². The van der Waals surface area contributed by atoms with Crippen LogP contribution in [0.2, 0.25) is 0 Å². The summed E-state index contributed by atoms with van der Waals surface area (Å²) in [5.74, 6) is 1.54. The first kappa shape index (κ1) is 11.8. The van der Waals surface area contributed by atoms with Gasteiger partial charge in [-0.1, -0.05) is 6.07 Å². The highest BCUT2D eigenvalue weighted by molar-refractivity contribution is 5.45. The maximum atomic E-state index is 6.32. The number of ether oxygens (including phenoxy) is 3. The molecule has 1 aromatic carbocycles. The molecular formula is C14H19NO3. The van der Waals surface area contributed by atoms with E-state index >= 15 is 0 Å². The molecule has 3 rings (SSSR count). The molecule has 1 aliphatic heterocycles. The molecule has 0 radical (unpaired) electrons. The van der Waals surface area contributed by atoms with Gasteiger partial charge < -0.3 is 19.9 Å². The molecular weight excluding hydrogens is 230 g/mol. The predicted octanol–water partition coefficient (Wildman–Crippen LogP) is 1.81. The lowest BCUT2D eigenvalue weighted by Gasteiger charge is -2.39. The molecule has 0 aromatic heterocycles. The number of hydrogen-bond acceptors (Lipinski definition) is 4. The maximum absolute atomic E-state index is 6.32. The Balaban J connectivity index is 1.82. The van der Waals surface area contributed by atoms with Crippen molar-refractivity contribution in [2.24, 2.45) is 5.73 Å². The summed E-state index contributed by atoms with van der Waals surface area (Å²) in [7, 11) is 1.66. The number of rotatable bonds is 4. The fourth-order valence-electron chi connectivity index (χ4n) is 2.38. The lowest BCUT2D eigenvalue weighted by molar-refractivity contribution is -0.0803. The van der Waals surface area contributed by atoms with E-state index < -0.39 is 0 Å². The van der Waals surface area contributed by atoms with Gasteiger partial charge in [0, 0.05) is 5.54 Å². The zero-order chi connectivity index (χ0) is 12.6. The third-order valence-electron chi connectivity index (χ3n) is 3.89. The van der Waals surface area contributed by atoms with Crippen molar-refractivity contribution in [1.82, 2.24) is 0 Å². The van der Waals surface area contributed by atoms with Crippen molar-refractivity contribution >= 4 is 0 Å². The number of benzene rings is 1. The van der Waals surface area contributed by atoms with Crippen LogP contribution in [0.25, 0.3) is 0 Å². The quantitative estimate of drug-likeness (QED) is 0.884. The lowest BCUT2D eigenvalue weighted by Crippen LogP contribution is -2.43. The smallest absolute Gasteiger partial charge is 0.161 e. The van der Waals surface area contributed by atoms with Crippen LogP contribution in [0.4, 0.5) is 0 Å². The van der Waals surface area contributed by atoms with Gasteiger partial charge in [0.05, 0.1) is 20.3 Å². The lowest BCUT2D eigenvalue weighted by atomic mass is 9.73. The average Bonchev–Trinajstić information content (AvgIpc) is 2.30. The van der Waals surface area contributed by atoms with Crippen LogP contribution in [0.5, 0.6) is 11.5 Å². The van der Waals surface area contributed by atoms with Crippen molar-refractivity contribution in [3.63, 3.8) is 0 Å². The fourth-order valence-corrected chi connectivity index (χ4v) is 2.38. The Kier molecular flexibility index (Phi) is 2.92. The molecule has 1 aromatic rings. The van der Waals surface area contributed by atoms with Crippen molar-refractivity contribution in [2.75, 3.05) is 20.3 Å². The van der Waals surface area contributed by atoms with Crippen LogP contribution in [-0.4, -0.2) is 26.4 Å². The Morgan fingerprint density at radius 3 is 2.56 bits per heavy atom. The van der Waals surface area contributed by atoms with Crippen LogP contribution in [-0.2, 0) is 10.3 Å². The highest BCUT2D eigenvalue weighted by Crippen LogP contribution is 2.41. The van der Waals surface area contributed by atoms with Gasteiger partial charge in [0.1, 0.15) is 6.10 Å². The van der Waals surface area contributed by atoms with E-state index in [0.717, 1.165) is 29.9 Å². The molecule has 1 saturated carbocycles. The molecule has 0 amide bonds. The molecule has 18 heavy (non-hydrogen) atoms. The Labute approximate surface area is 107 Å². The number of methoxy groups -OCH3 is 1. The van der Waals surface area contributed by atoms with E-state index in [1.165, 1.54) is 6.42 Å². The van der Waals surface area contributed by atoms with Gasteiger partial charge in [-0.25, -0.2) is 0 Å². The third kappa shape index (κ3) is 1.95. The van der Waals surface area contributed by atoms with Gasteiger partial charge in [-0.3, -0.25) is 0 Å². The first-order valence-electron chi connectivity index (χ1n) is 6.43. The zero-order valence-corrected chi connectivity index (χ0v) is 10.6. The average molecular weight is 249 g/mol. The fraction of sp³-hybridized carbons (Fsp3) is 0.571. The summed E-state index contributed by atoms with van der Waals surface area (Å²) < 4.78 is 16.3. The summed E-state index contributed by atoms with van der Waals surface area (Å²) in [4.78, 5) is 0. The summed E-state index contributed by atoms with van der Waals surface area (Å²) in [6.45, 7) is 1.32. The molecule has 0 unspecified atom stereocenters. The Morgan fingerprint density at radius 2 is 2.06 bits per heavy atom. The Bertz CT molecular complexity index is 439. The van der Waals surface area contributed by atoms with Gasteiger partial charge in [-0.2, -0.15) is 0 Å². The van der Waals surface area contributed by atoms with Crippen LogP contribution < -0.4 is 15.2 Å². The van der Waals surface area contributed by atoms with Crippen LogP contribution >= 0.6 is 0 Å². The molecule has 4 heteroatoms. The molecule has 4 nitrogen and oxygen atoms in total. The zero-order valence-electron chi connectivity index (χ0n) is 10.6. The van der Waals surface area contributed by atoms with Gasteiger partial charge in [0.25, 0.3) is 0 Å². The molecule has 98 valence electrons. The Morgan fingerprint density at radius 1 is 1.28 bits per heavy atom. The van der Waals surface area contributed by atoms with Crippen LogP contribution in [0, 0.1) is 0 Å². The Hall–Kier alpha value is -1.26. The first-order valence-corrected chi connectivity index (χ1v) is 6.43. The van der Waals surface area contributed by atoms with E-state index in [-0.39, 0.29) is 11.6 Å². The normalized spacial score (nSPS) is 21.9. The summed E-state index contributed by atoms with van der Waals surface area (Å²) >= 11 is 0. The number of nitrogens with two attached hydrogens (primary N) is 1. The van der Waals surface area contributed by atoms with Crippen molar-refractivity contribution in [3.05, 3.63) is 23.8 Å². The van der Waals surface area contributed by atoms with Gasteiger partial charge in [0.2, 0.25) is 0 Å². The second kappa shape index (κ2) is 4.44. The highest BCUT2D eigenvalue weighted by atomic mass is 16.6. The largest absolute Gasteiger partial charge is 0.493 e. The summed E-state index contributed by atoms with van der Waals surface area (Å²) in [6, 6.07) is 6.02. The topological polar surface area (TPSA) is 53.7 Å². The standard InChI is InChI=1S/C14H19NO3/c1-16-13-7-10(14(15)5-2-6-14)3-4-12(13)18-11-8-17-9-11/h3-4,7,11H,2,5-6,8-9,15H2,1H3. The minimum absolute atomic E-state index is 0.153. The van der Waals surface area contributed by atoms with E-state index in [9.17, 15) is 0 Å². The van der Waals surface area contributed by atoms with E-state index in [0.29, 0.717) is 13.2 Å². The number of hydrogen-bond donors (Lipinski definition) is 1. The van der Waals surface area contributed by atoms with Crippen LogP contribution in [0.1, 0.15) is 24.8 Å². The SMILES string of the molecule is COc1cc(C2(N)CCC2)ccc1OC1COC1. The van der Waals surface area contributed by atoms with Crippen molar-refractivity contribution in [1.29, 1.82) is 0 Å². The minimum atomic E-state index is -0.161. The molecule has 0 bridgehead atoms. The molecule has 0 atom stereocenters. The van der Waals surface area contributed by atoms with Crippen molar-refractivity contribution < 1.29 is 14.2 Å². The third-order valence-corrected chi connectivity index (χ3v) is 3.89. The molecule has 1 aliphatic carbocycles. The molecule has 2 fully saturated rings. The summed E-state index contributed by atoms with van der Waals surface area (Å²) in [5, 5.41) is 0. The van der Waals surface area contributed by atoms with Crippen molar-refractivity contribution in [3.8, 4) is 11.5 Å². The van der Waals surface area contributed by atoms with Gasteiger partial charge >= 0.3 is 0 Å². The second-order valence-corrected chi connectivity index (χ2v) is 5.15. The molecule has 2 N–H and O–H groups in total. The highest BCUT2D eigenvalue weighted by Gasteiger charge is 2.35. The first-order chi connectivity index (χ1) is 8.71. The van der Waals surface area contributed by atoms with E-state index in [4.69, 9.17) is 19.9 Å². The molecule has 1 heterocycles. The van der Waals surface area contributed by atoms with Crippen molar-refractivity contribution in [2.45, 2.75) is 30.9 Å². The molecule has 2 aliphatic rings. The summed E-state index contributed by atoms with van der Waals surface area (Å²) in [5.41, 5.74) is 7.30. The predicted molar refractivity (Wildman–Crippen MR) is 67.9 cm³/mol. The summed E-state index contributed by atoms with van der Waals surface area (Å²) in [6.07, 6.45) is 3.45.